The normalized spacial score (nSPS) is 9.87. The van der Waals surface area contributed by atoms with Gasteiger partial charge in [-0.3, -0.25) is 4.98 Å². The highest BCUT2D eigenvalue weighted by Crippen LogP contribution is 2.34. The van der Waals surface area contributed by atoms with Gasteiger partial charge in [-0.1, -0.05) is 34.4 Å². The summed E-state index contributed by atoms with van der Waals surface area (Å²) in [4.78, 5) is 4.01. The van der Waals surface area contributed by atoms with E-state index in [0.29, 0.717) is 11.4 Å². The number of aromatic hydroxyl groups is 1. The number of halogens is 2. The van der Waals surface area contributed by atoms with Crippen LogP contribution in [-0.2, 0) is 11.2 Å². The Kier molecular flexibility index (Phi) is 6.36. The fourth-order valence-electron chi connectivity index (χ4n) is 0.789. The minimum absolute atomic E-state index is 0.0849. The quantitative estimate of drug-likeness (QED) is 0.737. The van der Waals surface area contributed by atoms with Crippen molar-refractivity contribution in [3.63, 3.8) is 0 Å². The van der Waals surface area contributed by atoms with E-state index in [1.54, 1.807) is 26.4 Å². The summed E-state index contributed by atoms with van der Waals surface area (Å²) in [6, 6.07) is 0. The van der Waals surface area contributed by atoms with Gasteiger partial charge in [-0.2, -0.15) is 0 Å². The van der Waals surface area contributed by atoms with Crippen molar-refractivity contribution in [3.05, 3.63) is 21.4 Å². The summed E-state index contributed by atoms with van der Waals surface area (Å²) in [5.74, 6) is -0.0849. The Bertz CT molecular complexity index is 316. The van der Waals surface area contributed by atoms with E-state index in [-0.39, 0.29) is 15.8 Å². The van der Waals surface area contributed by atoms with Crippen molar-refractivity contribution in [1.82, 2.24) is 4.98 Å². The standard InChI is InChI=1S/C7H7Cl2NO.C2H6OS/c1-3-5(8)7(11)6(9)4(2)10-3;1-4(2)3/h1-2H3,(H,10,11);1-2H3. The molecule has 3 nitrogen and oxygen atoms in total. The monoisotopic (exact) mass is 269 g/mol. The molecule has 0 amide bonds. The van der Waals surface area contributed by atoms with E-state index >= 15 is 0 Å². The second-order valence-electron chi connectivity index (χ2n) is 3.00. The molecule has 0 unspecified atom stereocenters. The van der Waals surface area contributed by atoms with E-state index in [0.717, 1.165) is 0 Å². The lowest BCUT2D eigenvalue weighted by Gasteiger charge is -2.04. The molecule has 15 heavy (non-hydrogen) atoms. The summed E-state index contributed by atoms with van der Waals surface area (Å²) in [7, 11) is 0. The van der Waals surface area contributed by atoms with Crippen LogP contribution in [0.3, 0.4) is 0 Å². The molecule has 86 valence electrons. The lowest BCUT2D eigenvalue weighted by Crippen LogP contribution is -1.89. The Morgan fingerprint density at radius 2 is 1.40 bits per heavy atom. The first-order valence-corrected chi connectivity index (χ1v) is 6.75. The van der Waals surface area contributed by atoms with Crippen molar-refractivity contribution in [2.45, 2.75) is 13.8 Å². The summed E-state index contributed by atoms with van der Waals surface area (Å²) in [6.45, 7) is 3.43. The molecule has 1 heterocycles. The van der Waals surface area contributed by atoms with E-state index < -0.39 is 11.2 Å². The number of hydrogen-bond acceptors (Lipinski definition) is 3. The first-order chi connectivity index (χ1) is 6.77. The van der Waals surface area contributed by atoms with Gasteiger partial charge in [0.2, 0.25) is 0 Å². The molecular weight excluding hydrogens is 257 g/mol. The molecule has 0 bridgehead atoms. The first kappa shape index (κ1) is 14.8. The van der Waals surface area contributed by atoms with Crippen molar-refractivity contribution in [2.75, 3.05) is 12.5 Å². The molecule has 1 aromatic rings. The molecule has 0 fully saturated rings. The van der Waals surface area contributed by atoms with Gasteiger partial charge in [0.15, 0.2) is 5.75 Å². The second-order valence-corrected chi connectivity index (χ2v) is 5.24. The largest absolute Gasteiger partial charge is 0.617 e. The molecule has 1 aromatic heterocycles. The third-order valence-corrected chi connectivity index (χ3v) is 2.29. The Morgan fingerprint density at radius 1 is 1.13 bits per heavy atom. The van der Waals surface area contributed by atoms with Gasteiger partial charge in [0.25, 0.3) is 0 Å². The maximum absolute atomic E-state index is 9.56. The SMILES string of the molecule is C[S+](C)[O-].Cc1nc(C)c(Cl)c(O)c1Cl. The zero-order valence-electron chi connectivity index (χ0n) is 8.97. The van der Waals surface area contributed by atoms with Crippen molar-refractivity contribution in [2.24, 2.45) is 0 Å². The fraction of sp³-hybridized carbons (Fsp3) is 0.444. The lowest BCUT2D eigenvalue weighted by molar-refractivity contribution is 0.474. The summed E-state index contributed by atoms with van der Waals surface area (Å²) in [6.07, 6.45) is 3.28. The molecule has 0 saturated carbocycles. The Labute approximate surface area is 103 Å². The van der Waals surface area contributed by atoms with E-state index in [1.807, 2.05) is 0 Å². The van der Waals surface area contributed by atoms with Crippen LogP contribution in [0.25, 0.3) is 0 Å². The van der Waals surface area contributed by atoms with Gasteiger partial charge < -0.3 is 9.66 Å². The fourth-order valence-corrected chi connectivity index (χ4v) is 1.11. The van der Waals surface area contributed by atoms with E-state index in [2.05, 4.69) is 4.98 Å². The smallest absolute Gasteiger partial charge is 0.156 e. The molecule has 0 aliphatic heterocycles. The minimum atomic E-state index is -0.611. The molecule has 0 radical (unpaired) electrons. The van der Waals surface area contributed by atoms with Crippen LogP contribution in [0.4, 0.5) is 0 Å². The van der Waals surface area contributed by atoms with Gasteiger partial charge in [-0.25, -0.2) is 0 Å². The third-order valence-electron chi connectivity index (χ3n) is 1.39. The minimum Gasteiger partial charge on any atom is -0.617 e. The molecule has 0 aliphatic carbocycles. The topological polar surface area (TPSA) is 56.2 Å². The van der Waals surface area contributed by atoms with Gasteiger partial charge >= 0.3 is 0 Å². The third kappa shape index (κ3) is 4.93. The number of hydrogen-bond donors (Lipinski definition) is 1. The van der Waals surface area contributed by atoms with Crippen LogP contribution in [0, 0.1) is 13.8 Å². The van der Waals surface area contributed by atoms with Crippen LogP contribution in [0.1, 0.15) is 11.4 Å². The van der Waals surface area contributed by atoms with Crippen molar-refractivity contribution in [3.8, 4) is 5.75 Å². The van der Waals surface area contributed by atoms with Crippen molar-refractivity contribution >= 4 is 34.4 Å². The molecule has 1 N–H and O–H groups in total. The average molecular weight is 270 g/mol. The van der Waals surface area contributed by atoms with Gasteiger partial charge in [0, 0.05) is 0 Å². The Balaban J connectivity index is 0.000000423. The van der Waals surface area contributed by atoms with Crippen molar-refractivity contribution < 1.29 is 9.66 Å². The summed E-state index contributed by atoms with van der Waals surface area (Å²) in [5, 5.41) is 9.71. The highest BCUT2D eigenvalue weighted by molar-refractivity contribution is 7.89. The van der Waals surface area contributed by atoms with Gasteiger partial charge in [-0.15, -0.1) is 0 Å². The zero-order valence-corrected chi connectivity index (χ0v) is 11.3. The van der Waals surface area contributed by atoms with Crippen LogP contribution in [0.5, 0.6) is 5.75 Å². The molecule has 1 rings (SSSR count). The highest BCUT2D eigenvalue weighted by atomic mass is 35.5. The van der Waals surface area contributed by atoms with Crippen LogP contribution in [0.15, 0.2) is 0 Å². The van der Waals surface area contributed by atoms with E-state index in [9.17, 15) is 9.66 Å². The highest BCUT2D eigenvalue weighted by Gasteiger charge is 2.10. The maximum Gasteiger partial charge on any atom is 0.156 e. The maximum atomic E-state index is 9.56. The van der Waals surface area contributed by atoms with Crippen LogP contribution in [-0.4, -0.2) is 27.2 Å². The predicted octanol–water partition coefficient (Wildman–Crippen LogP) is 2.71. The van der Waals surface area contributed by atoms with Crippen LogP contribution < -0.4 is 0 Å². The second kappa shape index (κ2) is 6.43. The summed E-state index contributed by atoms with van der Waals surface area (Å²) in [5.41, 5.74) is 1.18. The molecular formula is C9H13Cl2NO2S. The van der Waals surface area contributed by atoms with Gasteiger partial charge in [0.05, 0.1) is 23.9 Å². The number of aromatic nitrogens is 1. The van der Waals surface area contributed by atoms with E-state index in [1.165, 1.54) is 0 Å². The van der Waals surface area contributed by atoms with Crippen LogP contribution in [0.2, 0.25) is 10.0 Å². The number of rotatable bonds is 0. The van der Waals surface area contributed by atoms with Gasteiger partial charge in [0.1, 0.15) is 10.0 Å². The molecule has 0 saturated heterocycles. The van der Waals surface area contributed by atoms with Crippen LogP contribution >= 0.6 is 23.2 Å². The Hall–Kier alpha value is -0.160. The lowest BCUT2D eigenvalue weighted by atomic mass is 10.3. The average Bonchev–Trinajstić information content (AvgIpc) is 2.11. The summed E-state index contributed by atoms with van der Waals surface area (Å²) < 4.78 is 9.56. The first-order valence-electron chi connectivity index (χ1n) is 4.03. The number of nitrogens with zero attached hydrogens (tertiary/aromatic N) is 1. The predicted molar refractivity (Wildman–Crippen MR) is 65.4 cm³/mol. The van der Waals surface area contributed by atoms with Crippen molar-refractivity contribution in [1.29, 1.82) is 0 Å². The molecule has 0 aromatic carbocycles. The molecule has 0 atom stereocenters. The number of pyridine rings is 1. The summed E-state index contributed by atoms with van der Waals surface area (Å²) >= 11 is 10.7. The molecule has 0 spiro atoms. The molecule has 0 aliphatic rings. The van der Waals surface area contributed by atoms with E-state index in [4.69, 9.17) is 23.2 Å². The van der Waals surface area contributed by atoms with Gasteiger partial charge in [-0.05, 0) is 13.8 Å². The Morgan fingerprint density at radius 3 is 1.67 bits per heavy atom. The number of aryl methyl sites for hydroxylation is 2. The zero-order chi connectivity index (χ0) is 12.2. The molecule has 6 heteroatoms.